The zero-order valence-corrected chi connectivity index (χ0v) is 11.1. The fourth-order valence-electron chi connectivity index (χ4n) is 1.24. The molecule has 2 N–H and O–H groups in total. The number of anilines is 1. The van der Waals surface area contributed by atoms with Crippen molar-refractivity contribution in [2.45, 2.75) is 20.3 Å². The highest BCUT2D eigenvalue weighted by atomic mass is 32.1. The monoisotopic (exact) mass is 258 g/mol. The van der Waals surface area contributed by atoms with Crippen LogP contribution in [0.2, 0.25) is 0 Å². The topological polar surface area (TPSA) is 71.5 Å². The lowest BCUT2D eigenvalue weighted by atomic mass is 9.90. The number of thiazole rings is 1. The first-order chi connectivity index (χ1) is 7.94. The molecule has 0 saturated carbocycles. The Bertz CT molecular complexity index is 377. The van der Waals surface area contributed by atoms with E-state index in [1.54, 1.807) is 7.11 Å². The van der Waals surface area contributed by atoms with Gasteiger partial charge in [0.15, 0.2) is 5.13 Å². The molecule has 0 aliphatic heterocycles. The van der Waals surface area contributed by atoms with Crippen molar-refractivity contribution in [2.24, 2.45) is 5.41 Å². The molecule has 0 bridgehead atoms. The maximum Gasteiger partial charge on any atom is 0.347 e. The summed E-state index contributed by atoms with van der Waals surface area (Å²) in [5, 5.41) is 12.6. The lowest BCUT2D eigenvalue weighted by Crippen LogP contribution is -2.24. The van der Waals surface area contributed by atoms with E-state index in [4.69, 9.17) is 9.84 Å². The molecular weight excluding hydrogens is 240 g/mol. The average Bonchev–Trinajstić information content (AvgIpc) is 2.73. The molecule has 0 aliphatic rings. The fourth-order valence-corrected chi connectivity index (χ4v) is 1.89. The third kappa shape index (κ3) is 4.70. The van der Waals surface area contributed by atoms with Crippen molar-refractivity contribution in [3.05, 3.63) is 11.1 Å². The molecule has 0 aliphatic carbocycles. The maximum absolute atomic E-state index is 10.7. The SMILES string of the molecule is COCCC(C)(C)CNc1ncc(C(=O)O)s1. The summed E-state index contributed by atoms with van der Waals surface area (Å²) in [5.74, 6) is -0.936. The van der Waals surface area contributed by atoms with E-state index in [1.165, 1.54) is 6.20 Å². The second-order valence-corrected chi connectivity index (χ2v) is 5.63. The highest BCUT2D eigenvalue weighted by molar-refractivity contribution is 7.17. The lowest BCUT2D eigenvalue weighted by molar-refractivity contribution is 0.0702. The first-order valence-corrected chi connectivity index (χ1v) is 6.18. The van der Waals surface area contributed by atoms with Crippen LogP contribution in [0.3, 0.4) is 0 Å². The minimum absolute atomic E-state index is 0.0884. The molecule has 0 spiro atoms. The van der Waals surface area contributed by atoms with Crippen molar-refractivity contribution in [3.8, 4) is 0 Å². The van der Waals surface area contributed by atoms with Gasteiger partial charge in [-0.2, -0.15) is 0 Å². The molecule has 1 heterocycles. The molecule has 5 nitrogen and oxygen atoms in total. The molecule has 0 aromatic carbocycles. The zero-order chi connectivity index (χ0) is 12.9. The van der Waals surface area contributed by atoms with Gasteiger partial charge in [-0.3, -0.25) is 0 Å². The van der Waals surface area contributed by atoms with Gasteiger partial charge in [-0.15, -0.1) is 0 Å². The average molecular weight is 258 g/mol. The van der Waals surface area contributed by atoms with Crippen LogP contribution in [0.4, 0.5) is 5.13 Å². The Hall–Kier alpha value is -1.14. The summed E-state index contributed by atoms with van der Waals surface area (Å²) in [6.07, 6.45) is 2.31. The molecular formula is C11H18N2O3S. The van der Waals surface area contributed by atoms with Crippen molar-refractivity contribution < 1.29 is 14.6 Å². The van der Waals surface area contributed by atoms with Gasteiger partial charge in [0.2, 0.25) is 0 Å². The fraction of sp³-hybridized carbons (Fsp3) is 0.636. The van der Waals surface area contributed by atoms with E-state index < -0.39 is 5.97 Å². The number of nitrogens with one attached hydrogen (secondary N) is 1. The van der Waals surface area contributed by atoms with E-state index in [9.17, 15) is 4.79 Å². The summed E-state index contributed by atoms with van der Waals surface area (Å²) in [6.45, 7) is 5.71. The molecule has 0 amide bonds. The molecule has 1 rings (SSSR count). The molecule has 96 valence electrons. The van der Waals surface area contributed by atoms with Crippen LogP contribution in [0.5, 0.6) is 0 Å². The van der Waals surface area contributed by atoms with E-state index in [0.717, 1.165) is 24.3 Å². The van der Waals surface area contributed by atoms with Gasteiger partial charge in [-0.25, -0.2) is 9.78 Å². The van der Waals surface area contributed by atoms with Crippen LogP contribution in [-0.2, 0) is 4.74 Å². The standard InChI is InChI=1S/C11H18N2O3S/c1-11(2,4-5-16-3)7-13-10-12-6-8(17-10)9(14)15/h6H,4-5,7H2,1-3H3,(H,12,13)(H,14,15). The molecule has 1 aromatic rings. The Morgan fingerprint density at radius 1 is 1.65 bits per heavy atom. The number of hydrogen-bond acceptors (Lipinski definition) is 5. The lowest BCUT2D eigenvalue weighted by Gasteiger charge is -2.24. The summed E-state index contributed by atoms with van der Waals surface area (Å²) in [4.78, 5) is 15.0. The van der Waals surface area contributed by atoms with Crippen LogP contribution >= 0.6 is 11.3 Å². The van der Waals surface area contributed by atoms with Crippen molar-refractivity contribution in [1.82, 2.24) is 4.98 Å². The van der Waals surface area contributed by atoms with E-state index in [0.29, 0.717) is 11.7 Å². The first-order valence-electron chi connectivity index (χ1n) is 5.36. The summed E-state index contributed by atoms with van der Waals surface area (Å²) in [7, 11) is 1.68. The van der Waals surface area contributed by atoms with Crippen molar-refractivity contribution in [3.63, 3.8) is 0 Å². The summed E-state index contributed by atoms with van der Waals surface area (Å²) >= 11 is 1.15. The number of nitrogens with zero attached hydrogens (tertiary/aromatic N) is 1. The van der Waals surface area contributed by atoms with Gasteiger partial charge in [-0.1, -0.05) is 25.2 Å². The normalized spacial score (nSPS) is 11.5. The Balaban J connectivity index is 2.46. The quantitative estimate of drug-likeness (QED) is 0.785. The molecule has 0 atom stereocenters. The van der Waals surface area contributed by atoms with Crippen LogP contribution in [0.15, 0.2) is 6.20 Å². The Morgan fingerprint density at radius 2 is 2.35 bits per heavy atom. The summed E-state index contributed by atoms with van der Waals surface area (Å²) < 4.78 is 5.05. The predicted octanol–water partition coefficient (Wildman–Crippen LogP) is 2.32. The van der Waals surface area contributed by atoms with Crippen LogP contribution < -0.4 is 5.32 Å². The number of hydrogen-bond donors (Lipinski definition) is 2. The summed E-state index contributed by atoms with van der Waals surface area (Å²) in [5.41, 5.74) is 0.0884. The summed E-state index contributed by atoms with van der Waals surface area (Å²) in [6, 6.07) is 0. The number of aromatic nitrogens is 1. The number of carbonyl (C=O) groups is 1. The third-order valence-corrected chi connectivity index (χ3v) is 3.36. The number of ether oxygens (including phenoxy) is 1. The highest BCUT2D eigenvalue weighted by Gasteiger charge is 2.18. The zero-order valence-electron chi connectivity index (χ0n) is 10.3. The maximum atomic E-state index is 10.7. The van der Waals surface area contributed by atoms with E-state index in [1.807, 2.05) is 0 Å². The third-order valence-electron chi connectivity index (χ3n) is 2.42. The van der Waals surface area contributed by atoms with Crippen molar-refractivity contribution in [2.75, 3.05) is 25.6 Å². The van der Waals surface area contributed by atoms with Gasteiger partial charge in [0.25, 0.3) is 0 Å². The number of aromatic carboxylic acids is 1. The number of carboxylic acid groups (broad SMARTS) is 1. The Labute approximate surface area is 105 Å². The van der Waals surface area contributed by atoms with Gasteiger partial charge >= 0.3 is 5.97 Å². The van der Waals surface area contributed by atoms with E-state index in [-0.39, 0.29) is 10.3 Å². The number of rotatable bonds is 7. The first kappa shape index (κ1) is 13.9. The van der Waals surface area contributed by atoms with Crippen LogP contribution in [0.1, 0.15) is 29.9 Å². The smallest absolute Gasteiger partial charge is 0.347 e. The molecule has 0 saturated heterocycles. The minimum Gasteiger partial charge on any atom is -0.477 e. The van der Waals surface area contributed by atoms with Gasteiger partial charge in [-0.05, 0) is 11.8 Å². The highest BCUT2D eigenvalue weighted by Crippen LogP contribution is 2.23. The van der Waals surface area contributed by atoms with Gasteiger partial charge < -0.3 is 15.2 Å². The Kier molecular flexibility index (Phi) is 4.89. The molecule has 17 heavy (non-hydrogen) atoms. The van der Waals surface area contributed by atoms with Gasteiger partial charge in [0.05, 0.1) is 6.20 Å². The molecule has 0 radical (unpaired) electrons. The largest absolute Gasteiger partial charge is 0.477 e. The Morgan fingerprint density at radius 3 is 2.88 bits per heavy atom. The minimum atomic E-state index is -0.936. The van der Waals surface area contributed by atoms with Crippen LogP contribution in [-0.4, -0.2) is 36.3 Å². The number of carboxylic acids is 1. The predicted molar refractivity (Wildman–Crippen MR) is 67.8 cm³/mol. The molecule has 1 aromatic heterocycles. The van der Waals surface area contributed by atoms with Crippen LogP contribution in [0.25, 0.3) is 0 Å². The van der Waals surface area contributed by atoms with Gasteiger partial charge in [0, 0.05) is 20.3 Å². The number of methoxy groups -OCH3 is 1. The van der Waals surface area contributed by atoms with Crippen molar-refractivity contribution >= 4 is 22.4 Å². The molecule has 0 unspecified atom stereocenters. The molecule has 6 heteroatoms. The second kappa shape index (κ2) is 5.97. The van der Waals surface area contributed by atoms with Gasteiger partial charge in [0.1, 0.15) is 4.88 Å². The van der Waals surface area contributed by atoms with Crippen molar-refractivity contribution in [1.29, 1.82) is 0 Å². The molecule has 0 fully saturated rings. The van der Waals surface area contributed by atoms with E-state index >= 15 is 0 Å². The second-order valence-electron chi connectivity index (χ2n) is 4.60. The van der Waals surface area contributed by atoms with E-state index in [2.05, 4.69) is 24.1 Å². The van der Waals surface area contributed by atoms with Crippen LogP contribution in [0, 0.1) is 5.41 Å².